The van der Waals surface area contributed by atoms with Crippen LogP contribution in [0.4, 0.5) is 9.59 Å². The van der Waals surface area contributed by atoms with Crippen LogP contribution >= 0.6 is 11.3 Å². The lowest BCUT2D eigenvalue weighted by Gasteiger charge is -2.33. The number of fused-ring (bicyclic) bond motifs is 5. The number of amides is 4. The summed E-state index contributed by atoms with van der Waals surface area (Å²) >= 11 is 1.71. The zero-order valence-electron chi connectivity index (χ0n) is 41.2. The van der Waals surface area contributed by atoms with Crippen LogP contribution < -0.4 is 15.4 Å². The monoisotopic (exact) mass is 970 g/mol. The van der Waals surface area contributed by atoms with Crippen molar-refractivity contribution in [3.05, 3.63) is 82.1 Å². The van der Waals surface area contributed by atoms with E-state index in [0.29, 0.717) is 24.1 Å². The zero-order chi connectivity index (χ0) is 49.3. The molecule has 1 unspecified atom stereocenters. The molecule has 3 fully saturated rings. The number of carbonyl (C=O) groups excluding carboxylic acids is 4. The van der Waals surface area contributed by atoms with Crippen LogP contribution in [0.2, 0.25) is 0 Å². The molecule has 1 aliphatic carbocycles. The fourth-order valence-corrected chi connectivity index (χ4v) is 11.8. The van der Waals surface area contributed by atoms with Crippen molar-refractivity contribution in [3.8, 4) is 39.5 Å². The number of methoxy groups -OCH3 is 2. The third kappa shape index (κ3) is 8.46. The third-order valence-corrected chi connectivity index (χ3v) is 16.0. The van der Waals surface area contributed by atoms with Crippen LogP contribution in [0, 0.1) is 24.7 Å². The van der Waals surface area contributed by atoms with E-state index in [2.05, 4.69) is 82.3 Å². The van der Waals surface area contributed by atoms with E-state index in [0.717, 1.165) is 98.0 Å². The van der Waals surface area contributed by atoms with Crippen LogP contribution in [0.5, 0.6) is 5.75 Å². The fraction of sp³-hybridized carbons (Fsp3) is 0.481. The second kappa shape index (κ2) is 18.6. The van der Waals surface area contributed by atoms with E-state index < -0.39 is 30.5 Å². The quantitative estimate of drug-likeness (QED) is 0.0916. The normalized spacial score (nSPS) is 21.7. The molecule has 1 saturated carbocycles. The van der Waals surface area contributed by atoms with Crippen LogP contribution in [0.25, 0.3) is 44.7 Å². The highest BCUT2D eigenvalue weighted by molar-refractivity contribution is 7.11. The Morgan fingerprint density at radius 3 is 2.11 bits per heavy atom. The van der Waals surface area contributed by atoms with Crippen LogP contribution in [0.3, 0.4) is 0 Å². The molecule has 10 rings (SSSR count). The molecule has 7 heterocycles. The number of hydrogen-bond acceptors (Lipinski definition) is 11. The molecule has 6 aromatic rings. The number of carbonyl (C=O) groups is 4. The average molecular weight is 971 g/mol. The number of aromatic nitrogens is 6. The molecule has 2 saturated heterocycles. The number of imidazole rings is 2. The van der Waals surface area contributed by atoms with Crippen LogP contribution in [-0.4, -0.2) is 102 Å². The first-order chi connectivity index (χ1) is 33.6. The van der Waals surface area contributed by atoms with Crippen LogP contribution in [0.1, 0.15) is 125 Å². The molecule has 3 aliphatic heterocycles. The van der Waals surface area contributed by atoms with Gasteiger partial charge in [-0.2, -0.15) is 0 Å². The molecule has 2 aromatic carbocycles. The van der Waals surface area contributed by atoms with Gasteiger partial charge in [-0.05, 0) is 99.6 Å². The van der Waals surface area contributed by atoms with Gasteiger partial charge in [-0.25, -0.2) is 24.5 Å². The average Bonchev–Trinajstić information content (AvgIpc) is 4.01. The molecule has 70 heavy (non-hydrogen) atoms. The summed E-state index contributed by atoms with van der Waals surface area (Å²) in [6.45, 7) is 14.5. The summed E-state index contributed by atoms with van der Waals surface area (Å²) in [7, 11) is 2.59. The van der Waals surface area contributed by atoms with Crippen molar-refractivity contribution >= 4 is 46.2 Å². The Kier molecular flexibility index (Phi) is 12.5. The van der Waals surface area contributed by atoms with E-state index in [-0.39, 0.29) is 47.7 Å². The standard InChI is InChI=1S/C52H62N10O7S/c1-25(2)43(58-51(65)67-8)48(63)60-16-10-11-37(60)45-53-23-35(57-45)32-17-28(6)42-38-20-33-19-31(14-15-36(33)62(38)50(69-40(42)21-32)41-24-55-47(70-41)30-12-13-30)34-22-54-46(56-34)39-18-27(5)29(7)61(39)49(64)44(26(3)4)59-52(66)68-9/h14-15,17,19-27,29-30,37,39,43-44,50H,10-13,16,18H2,1-9H3,(H,53,57)(H,54,56)(H,58,65)(H,59,66)/t27-,29-,37+,39+,43+,44+,50?/m1/s1. The van der Waals surface area contributed by atoms with Crippen molar-refractivity contribution in [1.29, 1.82) is 0 Å². The van der Waals surface area contributed by atoms with E-state index >= 15 is 0 Å². The molecule has 4 aromatic heterocycles. The number of alkyl carbamates (subject to hydrolysis) is 2. The molecule has 0 radical (unpaired) electrons. The SMILES string of the molecule is COC(=O)N[C@H](C(=O)N1CCC[C@H]1c1ncc(-c2cc(C)c3c(c2)OC(c2cnc(C4CC4)s2)n2c-3cc3cc(-c4cnc([C@@H]5C[C@@H](C)[C@@H](C)N5C(=O)[C@@H](NC(=O)OC)C(C)C)[nH]4)ccc32)[nH]1)C(C)C. The van der Waals surface area contributed by atoms with Crippen molar-refractivity contribution in [2.24, 2.45) is 17.8 Å². The summed E-state index contributed by atoms with van der Waals surface area (Å²) < 4.78 is 19.1. The summed E-state index contributed by atoms with van der Waals surface area (Å²) in [5, 5.41) is 7.67. The Balaban J connectivity index is 0.973. The van der Waals surface area contributed by atoms with Gasteiger partial charge < -0.3 is 44.6 Å². The smallest absolute Gasteiger partial charge is 0.407 e. The number of aryl methyl sites for hydroxylation is 1. The van der Waals surface area contributed by atoms with E-state index in [1.807, 2.05) is 56.1 Å². The third-order valence-electron chi connectivity index (χ3n) is 14.8. The molecule has 18 heteroatoms. The minimum Gasteiger partial charge on any atom is -0.464 e. The highest BCUT2D eigenvalue weighted by atomic mass is 32.1. The number of ether oxygens (including phenoxy) is 3. The van der Waals surface area contributed by atoms with E-state index in [4.69, 9.17) is 29.2 Å². The van der Waals surface area contributed by atoms with Gasteiger partial charge in [0.15, 0.2) is 0 Å². The van der Waals surface area contributed by atoms with Crippen molar-refractivity contribution in [1.82, 2.24) is 49.9 Å². The number of rotatable bonds is 12. The molecule has 17 nitrogen and oxygen atoms in total. The van der Waals surface area contributed by atoms with Gasteiger partial charge in [-0.15, -0.1) is 11.3 Å². The molecular weight excluding hydrogens is 909 g/mol. The van der Waals surface area contributed by atoms with Crippen molar-refractivity contribution in [2.75, 3.05) is 20.8 Å². The maximum Gasteiger partial charge on any atom is 0.407 e. The predicted molar refractivity (Wildman–Crippen MR) is 265 cm³/mol. The number of benzene rings is 2. The van der Waals surface area contributed by atoms with Crippen molar-refractivity contribution in [3.63, 3.8) is 0 Å². The van der Waals surface area contributed by atoms with Gasteiger partial charge in [-0.1, -0.05) is 40.7 Å². The van der Waals surface area contributed by atoms with Gasteiger partial charge in [0.1, 0.15) is 29.5 Å². The summed E-state index contributed by atoms with van der Waals surface area (Å²) in [6, 6.07) is 10.8. The lowest BCUT2D eigenvalue weighted by molar-refractivity contribution is -0.137. The second-order valence-electron chi connectivity index (χ2n) is 20.2. The number of H-pyrrole nitrogens is 2. The molecule has 4 N–H and O–H groups in total. The van der Waals surface area contributed by atoms with Crippen molar-refractivity contribution in [2.45, 2.75) is 123 Å². The van der Waals surface area contributed by atoms with E-state index in [1.165, 1.54) is 14.2 Å². The second-order valence-corrected chi connectivity index (χ2v) is 21.3. The van der Waals surface area contributed by atoms with Crippen LogP contribution in [0.15, 0.2) is 55.0 Å². The Morgan fingerprint density at radius 2 is 1.46 bits per heavy atom. The Labute approximate surface area is 411 Å². The van der Waals surface area contributed by atoms with E-state index in [9.17, 15) is 19.2 Å². The summed E-state index contributed by atoms with van der Waals surface area (Å²) in [5.41, 5.74) is 7.57. The Bertz CT molecular complexity index is 2980. The van der Waals surface area contributed by atoms with E-state index in [1.54, 1.807) is 11.3 Å². The minimum atomic E-state index is -0.744. The highest BCUT2D eigenvalue weighted by Crippen LogP contribution is 2.50. The summed E-state index contributed by atoms with van der Waals surface area (Å²) in [6.07, 6.45) is 8.49. The highest BCUT2D eigenvalue weighted by Gasteiger charge is 2.45. The molecular formula is C52H62N10O7S. The van der Waals surface area contributed by atoms with Crippen LogP contribution in [-0.2, 0) is 19.1 Å². The molecule has 4 aliphatic rings. The number of nitrogens with one attached hydrogen (secondary N) is 4. The van der Waals surface area contributed by atoms with Gasteiger partial charge in [-0.3, -0.25) is 14.2 Å². The topological polar surface area (TPSA) is 202 Å². The zero-order valence-corrected chi connectivity index (χ0v) is 42.0. The number of likely N-dealkylation sites (tertiary alicyclic amines) is 2. The summed E-state index contributed by atoms with van der Waals surface area (Å²) in [5.74, 6) is 2.26. The number of aromatic amines is 2. The molecule has 368 valence electrons. The maximum atomic E-state index is 14.2. The molecule has 0 bridgehead atoms. The van der Waals surface area contributed by atoms with Gasteiger partial charge in [0.05, 0.1) is 71.2 Å². The Hall–Kier alpha value is -6.69. The number of hydrogen-bond donors (Lipinski definition) is 4. The largest absolute Gasteiger partial charge is 0.464 e. The number of nitrogens with zero attached hydrogens (tertiary/aromatic N) is 6. The first-order valence-electron chi connectivity index (χ1n) is 24.5. The maximum absolute atomic E-state index is 14.2. The first-order valence-corrected chi connectivity index (χ1v) is 25.3. The van der Waals surface area contributed by atoms with Gasteiger partial charge in [0, 0.05) is 46.8 Å². The molecule has 0 spiro atoms. The first kappa shape index (κ1) is 47.0. The lowest BCUT2D eigenvalue weighted by atomic mass is 9.98. The fourth-order valence-electron chi connectivity index (χ4n) is 10.6. The minimum absolute atomic E-state index is 0.0637. The van der Waals surface area contributed by atoms with Crippen molar-refractivity contribution < 1.29 is 33.4 Å². The molecule has 7 atom stereocenters. The Morgan fingerprint density at radius 1 is 0.800 bits per heavy atom. The van der Waals surface area contributed by atoms with Gasteiger partial charge in [0.2, 0.25) is 18.0 Å². The lowest BCUT2D eigenvalue weighted by Crippen LogP contribution is -2.53. The van der Waals surface area contributed by atoms with Gasteiger partial charge >= 0.3 is 12.2 Å². The number of thiazole rings is 1. The van der Waals surface area contributed by atoms with Gasteiger partial charge in [0.25, 0.3) is 0 Å². The molecule has 4 amide bonds. The summed E-state index contributed by atoms with van der Waals surface area (Å²) in [4.78, 5) is 79.0. The predicted octanol–water partition coefficient (Wildman–Crippen LogP) is 9.39.